The van der Waals surface area contributed by atoms with Crippen LogP contribution >= 0.6 is 0 Å². The van der Waals surface area contributed by atoms with Crippen LogP contribution in [0.5, 0.6) is 5.75 Å². The summed E-state index contributed by atoms with van der Waals surface area (Å²) in [7, 11) is 0. The molecule has 2 amide bonds. The molecule has 2 heterocycles. The number of anilines is 1. The molecule has 11 nitrogen and oxygen atoms in total. The van der Waals surface area contributed by atoms with Crippen LogP contribution < -0.4 is 15.8 Å². The molecule has 0 aliphatic carbocycles. The van der Waals surface area contributed by atoms with Crippen LogP contribution in [0.3, 0.4) is 0 Å². The third kappa shape index (κ3) is 7.07. The summed E-state index contributed by atoms with van der Waals surface area (Å²) in [5.74, 6) is -1.28. The van der Waals surface area contributed by atoms with Crippen LogP contribution in [-0.4, -0.2) is 48.2 Å². The van der Waals surface area contributed by atoms with E-state index in [2.05, 4.69) is 30.7 Å². The van der Waals surface area contributed by atoms with Crippen LogP contribution in [0, 0.1) is 0 Å². The van der Waals surface area contributed by atoms with Crippen LogP contribution in [0.25, 0.3) is 0 Å². The molecule has 3 N–H and O–H groups in total. The summed E-state index contributed by atoms with van der Waals surface area (Å²) < 4.78 is 43.8. The number of nitrogens with one attached hydrogen (secondary N) is 1. The van der Waals surface area contributed by atoms with E-state index < -0.39 is 23.9 Å². The van der Waals surface area contributed by atoms with Crippen molar-refractivity contribution < 1.29 is 27.5 Å². The highest BCUT2D eigenvalue weighted by atomic mass is 19.4. The van der Waals surface area contributed by atoms with E-state index in [1.54, 1.807) is 10.9 Å². The van der Waals surface area contributed by atoms with Gasteiger partial charge in [0.1, 0.15) is 5.75 Å². The Kier molecular flexibility index (Phi) is 7.02. The molecule has 170 valence electrons. The molecule has 1 aromatic carbocycles. The van der Waals surface area contributed by atoms with Gasteiger partial charge in [-0.15, -0.1) is 23.4 Å². The lowest BCUT2D eigenvalue weighted by molar-refractivity contribution is -0.274. The van der Waals surface area contributed by atoms with Crippen molar-refractivity contribution in [2.45, 2.75) is 38.7 Å². The number of nitrogens with two attached hydrogens (primary N) is 1. The largest absolute Gasteiger partial charge is 0.573 e. The molecule has 0 saturated carbocycles. The van der Waals surface area contributed by atoms with E-state index >= 15 is 0 Å². The molecule has 0 aliphatic heterocycles. The van der Waals surface area contributed by atoms with Crippen LogP contribution in [-0.2, 0) is 24.3 Å². The fourth-order valence-electron chi connectivity index (χ4n) is 2.76. The lowest BCUT2D eigenvalue weighted by atomic mass is 10.1. The van der Waals surface area contributed by atoms with Gasteiger partial charge in [0, 0.05) is 13.1 Å². The van der Waals surface area contributed by atoms with E-state index in [0.717, 1.165) is 18.6 Å². The summed E-state index contributed by atoms with van der Waals surface area (Å²) in [6, 6.07) is 5.18. The van der Waals surface area contributed by atoms with Crippen molar-refractivity contribution in [3.8, 4) is 5.75 Å². The molecule has 0 radical (unpaired) electrons. The molecule has 2 aromatic heterocycles. The Bertz CT molecular complexity index is 1080. The maximum Gasteiger partial charge on any atom is 0.573 e. The lowest BCUT2D eigenvalue weighted by Crippen LogP contribution is -2.18. The zero-order chi connectivity index (χ0) is 23.1. The van der Waals surface area contributed by atoms with Crippen molar-refractivity contribution in [3.63, 3.8) is 0 Å². The molecular formula is C18H19F3N8O3. The highest BCUT2D eigenvalue weighted by Gasteiger charge is 2.31. The minimum atomic E-state index is -4.80. The number of amides is 2. The number of aromatic nitrogens is 6. The Morgan fingerprint density at radius 2 is 1.75 bits per heavy atom. The van der Waals surface area contributed by atoms with Crippen molar-refractivity contribution in [2.75, 3.05) is 5.32 Å². The van der Waals surface area contributed by atoms with E-state index in [0.29, 0.717) is 25.1 Å². The number of primary amides is 1. The molecular weight excluding hydrogens is 433 g/mol. The van der Waals surface area contributed by atoms with E-state index in [1.165, 1.54) is 23.0 Å². The predicted octanol–water partition coefficient (Wildman–Crippen LogP) is 1.53. The molecule has 0 unspecified atom stereocenters. The average Bonchev–Trinajstić information content (AvgIpc) is 3.33. The van der Waals surface area contributed by atoms with Crippen molar-refractivity contribution in [3.05, 3.63) is 47.9 Å². The maximum atomic E-state index is 12.3. The Balaban J connectivity index is 1.43. The zero-order valence-corrected chi connectivity index (χ0v) is 16.6. The van der Waals surface area contributed by atoms with Crippen LogP contribution in [0.1, 0.15) is 28.9 Å². The van der Waals surface area contributed by atoms with Gasteiger partial charge in [-0.05, 0) is 30.5 Å². The number of benzene rings is 1. The first kappa shape index (κ1) is 22.7. The van der Waals surface area contributed by atoms with Gasteiger partial charge in [-0.3, -0.25) is 19.0 Å². The predicted molar refractivity (Wildman–Crippen MR) is 103 cm³/mol. The first-order valence-electron chi connectivity index (χ1n) is 9.42. The molecule has 32 heavy (non-hydrogen) atoms. The topological polar surface area (TPSA) is 143 Å². The first-order chi connectivity index (χ1) is 15.2. The summed E-state index contributed by atoms with van der Waals surface area (Å²) in [4.78, 5) is 23.1. The quantitative estimate of drug-likeness (QED) is 0.444. The summed E-state index contributed by atoms with van der Waals surface area (Å²) in [5.41, 5.74) is 5.57. The van der Waals surface area contributed by atoms with Crippen LogP contribution in [0.4, 0.5) is 19.0 Å². The second-order valence-electron chi connectivity index (χ2n) is 6.73. The summed E-state index contributed by atoms with van der Waals surface area (Å²) in [6.45, 7) is 1.06. The van der Waals surface area contributed by atoms with E-state index in [4.69, 9.17) is 5.73 Å². The third-order valence-electron chi connectivity index (χ3n) is 4.12. The van der Waals surface area contributed by atoms with Gasteiger partial charge in [-0.2, -0.15) is 0 Å². The van der Waals surface area contributed by atoms with Crippen molar-refractivity contribution in [1.29, 1.82) is 0 Å². The monoisotopic (exact) mass is 452 g/mol. The highest BCUT2D eigenvalue weighted by Crippen LogP contribution is 2.23. The molecule has 0 fully saturated rings. The number of carbonyl (C=O) groups is 2. The van der Waals surface area contributed by atoms with Gasteiger partial charge < -0.3 is 15.8 Å². The molecule has 3 rings (SSSR count). The second-order valence-corrected chi connectivity index (χ2v) is 6.73. The van der Waals surface area contributed by atoms with Gasteiger partial charge in [-0.1, -0.05) is 22.6 Å². The van der Waals surface area contributed by atoms with Crippen LogP contribution in [0.2, 0.25) is 0 Å². The van der Waals surface area contributed by atoms with Crippen molar-refractivity contribution in [1.82, 2.24) is 30.0 Å². The maximum absolute atomic E-state index is 12.3. The molecule has 14 heteroatoms. The number of hydrogen-bond acceptors (Lipinski definition) is 7. The highest BCUT2D eigenvalue weighted by molar-refractivity contribution is 5.91. The van der Waals surface area contributed by atoms with Crippen molar-refractivity contribution in [2.24, 2.45) is 5.73 Å². The number of unbranched alkanes of at least 4 members (excludes halogenated alkanes) is 1. The van der Waals surface area contributed by atoms with Crippen molar-refractivity contribution >= 4 is 17.6 Å². The average molecular weight is 452 g/mol. The van der Waals surface area contributed by atoms with E-state index in [9.17, 15) is 22.8 Å². The molecule has 0 atom stereocenters. The number of nitrogens with zero attached hydrogens (tertiary/aromatic N) is 6. The summed E-state index contributed by atoms with van der Waals surface area (Å²) >= 11 is 0. The number of ether oxygens (including phenoxy) is 1. The molecule has 0 spiro atoms. The zero-order valence-electron chi connectivity index (χ0n) is 16.6. The fourth-order valence-corrected chi connectivity index (χ4v) is 2.76. The van der Waals surface area contributed by atoms with Gasteiger partial charge in [-0.25, -0.2) is 0 Å². The number of hydrogen-bond donors (Lipinski definition) is 2. The number of alkyl halides is 3. The summed E-state index contributed by atoms with van der Waals surface area (Å²) in [5, 5.41) is 17.8. The van der Waals surface area contributed by atoms with E-state index in [-0.39, 0.29) is 17.9 Å². The van der Waals surface area contributed by atoms with Crippen LogP contribution in [0.15, 0.2) is 36.7 Å². The van der Waals surface area contributed by atoms with Gasteiger partial charge in [0.15, 0.2) is 11.5 Å². The van der Waals surface area contributed by atoms with Gasteiger partial charge in [0.05, 0.1) is 18.8 Å². The normalized spacial score (nSPS) is 11.3. The first-order valence-corrected chi connectivity index (χ1v) is 9.42. The lowest BCUT2D eigenvalue weighted by Gasteiger charge is -2.09. The number of halogens is 3. The van der Waals surface area contributed by atoms with Gasteiger partial charge in [0.25, 0.3) is 5.91 Å². The minimum absolute atomic E-state index is 0.0984. The molecule has 3 aromatic rings. The van der Waals surface area contributed by atoms with E-state index in [1.807, 2.05) is 0 Å². The standard InChI is InChI=1S/C18H19F3N8O3/c19-18(20,21)32-13-5-3-4-12(8-13)9-16(30)23-15-11-29(27-25-15)7-2-1-6-28-10-14(17(22)31)24-26-28/h3-5,8,10-11H,1-2,6-7,9H2,(H2,22,31)(H,23,30). The number of rotatable bonds is 10. The third-order valence-corrected chi connectivity index (χ3v) is 4.12. The SMILES string of the molecule is NC(=O)c1cn(CCCCn2cc(NC(=O)Cc3cccc(OC(F)(F)F)c3)nn2)nn1. The molecule has 0 aliphatic rings. The Morgan fingerprint density at radius 1 is 1.06 bits per heavy atom. The number of aryl methyl sites for hydroxylation is 2. The molecule has 0 saturated heterocycles. The smallest absolute Gasteiger partial charge is 0.406 e. The number of carbonyl (C=O) groups excluding carboxylic acids is 2. The van der Waals surface area contributed by atoms with Gasteiger partial charge >= 0.3 is 6.36 Å². The molecule has 0 bridgehead atoms. The van der Waals surface area contributed by atoms with Gasteiger partial charge in [0.2, 0.25) is 5.91 Å². The fraction of sp³-hybridized carbons (Fsp3) is 0.333. The second kappa shape index (κ2) is 9.89. The Hall–Kier alpha value is -3.97. The Morgan fingerprint density at radius 3 is 2.41 bits per heavy atom. The Labute approximate surface area is 179 Å². The minimum Gasteiger partial charge on any atom is -0.406 e. The summed E-state index contributed by atoms with van der Waals surface area (Å²) in [6.07, 6.45) is -0.514.